The van der Waals surface area contributed by atoms with Crippen LogP contribution < -0.4 is 4.74 Å². The first-order chi connectivity index (χ1) is 8.66. The van der Waals surface area contributed by atoms with Crippen molar-refractivity contribution in [3.8, 4) is 5.75 Å². The van der Waals surface area contributed by atoms with Crippen molar-refractivity contribution in [2.45, 2.75) is 39.0 Å². The van der Waals surface area contributed by atoms with Crippen molar-refractivity contribution in [1.82, 2.24) is 0 Å². The van der Waals surface area contributed by atoms with Gasteiger partial charge in [0.25, 0.3) is 0 Å². The van der Waals surface area contributed by atoms with Crippen LogP contribution in [0.5, 0.6) is 5.75 Å². The van der Waals surface area contributed by atoms with Gasteiger partial charge in [0.2, 0.25) is 0 Å². The number of ether oxygens (including phenoxy) is 1. The van der Waals surface area contributed by atoms with Gasteiger partial charge in [0, 0.05) is 12.0 Å². The first-order valence-electron chi connectivity index (χ1n) is 6.58. The number of carbonyl (C=O) groups excluding carboxylic acids is 1. The molecule has 0 aromatic heterocycles. The van der Waals surface area contributed by atoms with Crippen molar-refractivity contribution in [3.05, 3.63) is 29.6 Å². The number of halogens is 1. The first-order valence-corrected chi connectivity index (χ1v) is 6.58. The van der Waals surface area contributed by atoms with E-state index in [2.05, 4.69) is 0 Å². The normalized spacial score (nSPS) is 16.6. The van der Waals surface area contributed by atoms with E-state index in [9.17, 15) is 9.18 Å². The third-order valence-corrected chi connectivity index (χ3v) is 3.58. The van der Waals surface area contributed by atoms with Crippen LogP contribution in [0.15, 0.2) is 18.2 Å². The molecular formula is C15H19FO2. The Morgan fingerprint density at radius 3 is 2.72 bits per heavy atom. The molecule has 0 N–H and O–H groups in total. The van der Waals surface area contributed by atoms with Gasteiger partial charge in [-0.1, -0.05) is 25.3 Å². The summed E-state index contributed by atoms with van der Waals surface area (Å²) in [7, 11) is 0. The lowest BCUT2D eigenvalue weighted by atomic mass is 9.86. The van der Waals surface area contributed by atoms with E-state index in [-0.39, 0.29) is 24.1 Å². The third-order valence-electron chi connectivity index (χ3n) is 3.58. The van der Waals surface area contributed by atoms with Crippen molar-refractivity contribution in [2.75, 3.05) is 6.61 Å². The number of carbonyl (C=O) groups is 1. The van der Waals surface area contributed by atoms with Crippen LogP contribution in [0.1, 0.15) is 37.7 Å². The Hall–Kier alpha value is -1.38. The highest BCUT2D eigenvalue weighted by Crippen LogP contribution is 2.24. The van der Waals surface area contributed by atoms with Gasteiger partial charge in [-0.05, 0) is 31.4 Å². The molecule has 1 aromatic rings. The Morgan fingerprint density at radius 1 is 1.33 bits per heavy atom. The minimum atomic E-state index is -0.294. The molecule has 1 fully saturated rings. The second kappa shape index (κ2) is 5.98. The van der Waals surface area contributed by atoms with Crippen LogP contribution in [0.4, 0.5) is 4.39 Å². The zero-order valence-corrected chi connectivity index (χ0v) is 10.7. The molecule has 0 bridgehead atoms. The van der Waals surface area contributed by atoms with Crippen LogP contribution in [0.25, 0.3) is 0 Å². The van der Waals surface area contributed by atoms with Crippen LogP contribution in [0.3, 0.4) is 0 Å². The molecule has 0 saturated heterocycles. The van der Waals surface area contributed by atoms with Crippen molar-refractivity contribution >= 4 is 5.78 Å². The van der Waals surface area contributed by atoms with Crippen molar-refractivity contribution < 1.29 is 13.9 Å². The molecule has 18 heavy (non-hydrogen) atoms. The molecule has 1 aromatic carbocycles. The monoisotopic (exact) mass is 250 g/mol. The van der Waals surface area contributed by atoms with Gasteiger partial charge >= 0.3 is 0 Å². The van der Waals surface area contributed by atoms with Gasteiger partial charge in [0.15, 0.2) is 5.78 Å². The molecule has 2 nitrogen and oxygen atoms in total. The van der Waals surface area contributed by atoms with Crippen molar-refractivity contribution in [3.63, 3.8) is 0 Å². The van der Waals surface area contributed by atoms with Gasteiger partial charge in [-0.3, -0.25) is 4.79 Å². The maximum absolute atomic E-state index is 13.3. The fourth-order valence-electron chi connectivity index (χ4n) is 2.36. The standard InChI is InChI=1S/C15H19FO2/c1-11-7-8-13(9-14(11)16)18-10-15(17)12-5-3-2-4-6-12/h7-9,12H,2-6,10H2,1H3. The molecule has 0 heterocycles. The lowest BCUT2D eigenvalue weighted by molar-refractivity contribution is -0.125. The van der Waals surface area contributed by atoms with E-state index in [4.69, 9.17) is 4.74 Å². The van der Waals surface area contributed by atoms with Gasteiger partial charge < -0.3 is 4.74 Å². The summed E-state index contributed by atoms with van der Waals surface area (Å²) in [5, 5.41) is 0. The predicted molar refractivity (Wildman–Crippen MR) is 68.2 cm³/mol. The molecule has 1 aliphatic carbocycles. The lowest BCUT2D eigenvalue weighted by Gasteiger charge is -2.20. The fraction of sp³-hybridized carbons (Fsp3) is 0.533. The highest BCUT2D eigenvalue weighted by molar-refractivity contribution is 5.82. The molecule has 1 saturated carbocycles. The molecule has 0 amide bonds. The first kappa shape index (κ1) is 13.1. The number of hydrogen-bond donors (Lipinski definition) is 0. The molecule has 0 radical (unpaired) electrons. The largest absolute Gasteiger partial charge is 0.486 e. The molecule has 2 rings (SSSR count). The summed E-state index contributed by atoms with van der Waals surface area (Å²) in [6.07, 6.45) is 5.45. The van der Waals surface area contributed by atoms with Crippen molar-refractivity contribution in [2.24, 2.45) is 5.92 Å². The molecule has 0 unspecified atom stereocenters. The van der Waals surface area contributed by atoms with Crippen LogP contribution in [0.2, 0.25) is 0 Å². The second-order valence-corrected chi connectivity index (χ2v) is 5.00. The van der Waals surface area contributed by atoms with Crippen molar-refractivity contribution in [1.29, 1.82) is 0 Å². The molecule has 0 spiro atoms. The number of aryl methyl sites for hydroxylation is 1. The Balaban J connectivity index is 1.86. The van der Waals surface area contributed by atoms with E-state index in [1.807, 2.05) is 0 Å². The summed E-state index contributed by atoms with van der Waals surface area (Å²) in [6.45, 7) is 1.76. The van der Waals surface area contributed by atoms with Gasteiger partial charge in [-0.25, -0.2) is 4.39 Å². The van der Waals surface area contributed by atoms with E-state index in [1.165, 1.54) is 12.5 Å². The Labute approximate surface area is 107 Å². The topological polar surface area (TPSA) is 26.3 Å². The number of hydrogen-bond acceptors (Lipinski definition) is 2. The van der Waals surface area contributed by atoms with E-state index in [1.54, 1.807) is 19.1 Å². The lowest BCUT2D eigenvalue weighted by Crippen LogP contribution is -2.23. The molecule has 1 aliphatic rings. The molecular weight excluding hydrogens is 231 g/mol. The zero-order chi connectivity index (χ0) is 13.0. The Bertz CT molecular complexity index is 423. The van der Waals surface area contributed by atoms with Gasteiger partial charge in [0.05, 0.1) is 0 Å². The molecule has 98 valence electrons. The summed E-state index contributed by atoms with van der Waals surface area (Å²) in [6, 6.07) is 4.70. The minimum absolute atomic E-state index is 0.0627. The zero-order valence-electron chi connectivity index (χ0n) is 10.7. The van der Waals surface area contributed by atoms with Gasteiger partial charge in [-0.2, -0.15) is 0 Å². The van der Waals surface area contributed by atoms with Gasteiger partial charge in [-0.15, -0.1) is 0 Å². The van der Waals surface area contributed by atoms with Crippen LogP contribution in [-0.4, -0.2) is 12.4 Å². The average Bonchev–Trinajstić information content (AvgIpc) is 2.41. The summed E-state index contributed by atoms with van der Waals surface area (Å²) in [5.74, 6) is 0.435. The Kier molecular flexibility index (Phi) is 4.34. The number of Topliss-reactive ketones (excluding diaryl/α,β-unsaturated/α-hetero) is 1. The smallest absolute Gasteiger partial charge is 0.173 e. The molecule has 3 heteroatoms. The summed E-state index contributed by atoms with van der Waals surface area (Å²) in [4.78, 5) is 11.9. The SMILES string of the molecule is Cc1ccc(OCC(=O)C2CCCCC2)cc1F. The number of benzene rings is 1. The highest BCUT2D eigenvalue weighted by Gasteiger charge is 2.21. The van der Waals surface area contributed by atoms with E-state index < -0.39 is 0 Å². The summed E-state index contributed by atoms with van der Waals surface area (Å²) >= 11 is 0. The fourth-order valence-corrected chi connectivity index (χ4v) is 2.36. The number of rotatable bonds is 4. The number of ketones is 1. The molecule has 0 aliphatic heterocycles. The maximum atomic E-state index is 13.3. The summed E-state index contributed by atoms with van der Waals surface area (Å²) < 4.78 is 18.7. The minimum Gasteiger partial charge on any atom is -0.486 e. The summed E-state index contributed by atoms with van der Waals surface area (Å²) in [5.41, 5.74) is 0.584. The van der Waals surface area contributed by atoms with E-state index in [0.29, 0.717) is 11.3 Å². The molecule has 0 atom stereocenters. The van der Waals surface area contributed by atoms with E-state index >= 15 is 0 Å². The average molecular weight is 250 g/mol. The quantitative estimate of drug-likeness (QED) is 0.815. The maximum Gasteiger partial charge on any atom is 0.173 e. The van der Waals surface area contributed by atoms with Crippen LogP contribution in [0, 0.1) is 18.7 Å². The van der Waals surface area contributed by atoms with E-state index in [0.717, 1.165) is 25.7 Å². The van der Waals surface area contributed by atoms with Crippen LogP contribution >= 0.6 is 0 Å². The van der Waals surface area contributed by atoms with Crippen LogP contribution in [-0.2, 0) is 4.79 Å². The second-order valence-electron chi connectivity index (χ2n) is 5.00. The third kappa shape index (κ3) is 3.31. The predicted octanol–water partition coefficient (Wildman–Crippen LogP) is 3.66. The Morgan fingerprint density at radius 2 is 2.06 bits per heavy atom. The van der Waals surface area contributed by atoms with Gasteiger partial charge in [0.1, 0.15) is 18.2 Å². The highest BCUT2D eigenvalue weighted by atomic mass is 19.1.